The Labute approximate surface area is 146 Å². The minimum absolute atomic E-state index is 0.0758. The first-order valence-corrected chi connectivity index (χ1v) is 8.63. The summed E-state index contributed by atoms with van der Waals surface area (Å²) in [5.74, 6) is 0.481. The zero-order valence-electron chi connectivity index (χ0n) is 14.9. The predicted octanol–water partition coefficient (Wildman–Crippen LogP) is 2.08. The second-order valence-electron chi connectivity index (χ2n) is 7.60. The Kier molecular flexibility index (Phi) is 4.74. The topological polar surface area (TPSA) is 81.2 Å². The molecule has 1 amide bonds. The van der Waals surface area contributed by atoms with Crippen molar-refractivity contribution in [3.63, 3.8) is 0 Å². The van der Waals surface area contributed by atoms with Crippen LogP contribution in [0.1, 0.15) is 49.9 Å². The van der Waals surface area contributed by atoms with Crippen LogP contribution in [0, 0.1) is 5.92 Å². The smallest absolute Gasteiger partial charge is 0.292 e. The molecule has 3 rings (SSSR count). The number of hydrogen-bond donors (Lipinski definition) is 0. The maximum atomic E-state index is 12.3. The maximum Gasteiger partial charge on any atom is 0.292 e. The molecule has 0 radical (unpaired) electrons. The van der Waals surface area contributed by atoms with Crippen LogP contribution in [-0.4, -0.2) is 38.8 Å². The van der Waals surface area contributed by atoms with Gasteiger partial charge in [0.05, 0.1) is 11.9 Å². The normalized spacial score (nSPS) is 16.2. The van der Waals surface area contributed by atoms with E-state index in [2.05, 4.69) is 31.0 Å². The second-order valence-corrected chi connectivity index (χ2v) is 7.60. The van der Waals surface area contributed by atoms with Crippen molar-refractivity contribution in [3.05, 3.63) is 46.2 Å². The molecule has 0 unspecified atom stereocenters. The molecule has 2 aromatic heterocycles. The molecular weight excluding hydrogens is 320 g/mol. The van der Waals surface area contributed by atoms with Crippen molar-refractivity contribution < 1.29 is 9.32 Å². The van der Waals surface area contributed by atoms with Gasteiger partial charge in [-0.3, -0.25) is 9.59 Å². The average molecular weight is 344 g/mol. The van der Waals surface area contributed by atoms with Gasteiger partial charge in [0.25, 0.3) is 11.5 Å². The lowest BCUT2D eigenvalue weighted by Crippen LogP contribution is -2.40. The van der Waals surface area contributed by atoms with Gasteiger partial charge in [-0.15, -0.1) is 0 Å². The predicted molar refractivity (Wildman–Crippen MR) is 92.3 cm³/mol. The van der Waals surface area contributed by atoms with Crippen LogP contribution in [0.25, 0.3) is 0 Å². The SMILES string of the molecule is CC(C)(C)c1ccc(=O)n(CC2CCN(C(=O)c3ccno3)CC2)n1. The molecule has 134 valence electrons. The number of rotatable bonds is 3. The lowest BCUT2D eigenvalue weighted by Gasteiger charge is -2.31. The van der Waals surface area contributed by atoms with E-state index in [-0.39, 0.29) is 22.6 Å². The first-order valence-electron chi connectivity index (χ1n) is 8.63. The third kappa shape index (κ3) is 3.97. The molecule has 7 nitrogen and oxygen atoms in total. The number of hydrogen-bond acceptors (Lipinski definition) is 5. The summed E-state index contributed by atoms with van der Waals surface area (Å²) in [5, 5.41) is 8.11. The van der Waals surface area contributed by atoms with Crippen molar-refractivity contribution in [1.82, 2.24) is 19.8 Å². The molecule has 1 aliphatic heterocycles. The van der Waals surface area contributed by atoms with Gasteiger partial charge in [0.1, 0.15) is 0 Å². The highest BCUT2D eigenvalue weighted by molar-refractivity contribution is 5.91. The van der Waals surface area contributed by atoms with Crippen molar-refractivity contribution in [1.29, 1.82) is 0 Å². The Morgan fingerprint density at radius 1 is 1.24 bits per heavy atom. The van der Waals surface area contributed by atoms with Gasteiger partial charge in [0.15, 0.2) is 0 Å². The highest BCUT2D eigenvalue weighted by Crippen LogP contribution is 2.21. The van der Waals surface area contributed by atoms with Gasteiger partial charge in [0, 0.05) is 37.2 Å². The molecule has 0 saturated carbocycles. The van der Waals surface area contributed by atoms with Crippen molar-refractivity contribution in [3.8, 4) is 0 Å². The molecule has 3 heterocycles. The lowest BCUT2D eigenvalue weighted by molar-refractivity contribution is 0.0638. The number of aromatic nitrogens is 3. The highest BCUT2D eigenvalue weighted by Gasteiger charge is 2.26. The molecular formula is C18H24N4O3. The average Bonchev–Trinajstić information content (AvgIpc) is 3.10. The number of nitrogens with zero attached hydrogens (tertiary/aromatic N) is 4. The van der Waals surface area contributed by atoms with Crippen molar-refractivity contribution in [2.24, 2.45) is 5.92 Å². The molecule has 0 bridgehead atoms. The zero-order valence-corrected chi connectivity index (χ0v) is 14.9. The third-order valence-electron chi connectivity index (χ3n) is 4.62. The van der Waals surface area contributed by atoms with E-state index in [1.807, 2.05) is 0 Å². The largest absolute Gasteiger partial charge is 0.351 e. The number of piperidine rings is 1. The van der Waals surface area contributed by atoms with Crippen LogP contribution in [0.15, 0.2) is 33.7 Å². The van der Waals surface area contributed by atoms with E-state index in [4.69, 9.17) is 4.52 Å². The fourth-order valence-corrected chi connectivity index (χ4v) is 3.02. The maximum absolute atomic E-state index is 12.3. The van der Waals surface area contributed by atoms with Crippen LogP contribution >= 0.6 is 0 Å². The van der Waals surface area contributed by atoms with E-state index in [1.165, 1.54) is 6.20 Å². The van der Waals surface area contributed by atoms with Gasteiger partial charge in [0.2, 0.25) is 5.76 Å². The molecule has 1 saturated heterocycles. The molecule has 25 heavy (non-hydrogen) atoms. The first kappa shape index (κ1) is 17.4. The standard InChI is InChI=1S/C18H24N4O3/c1-18(2,3)15-4-5-16(23)22(20-15)12-13-7-10-21(11-8-13)17(24)14-6-9-19-25-14/h4-6,9,13H,7-8,10-12H2,1-3H3. The summed E-state index contributed by atoms with van der Waals surface area (Å²) in [6.45, 7) is 8.14. The summed E-state index contributed by atoms with van der Waals surface area (Å²) < 4.78 is 6.50. The molecule has 1 fully saturated rings. The van der Waals surface area contributed by atoms with E-state index in [0.717, 1.165) is 18.5 Å². The number of carbonyl (C=O) groups is 1. The minimum atomic E-state index is -0.124. The fraction of sp³-hybridized carbons (Fsp3) is 0.556. The third-order valence-corrected chi connectivity index (χ3v) is 4.62. The Morgan fingerprint density at radius 3 is 2.56 bits per heavy atom. The van der Waals surface area contributed by atoms with E-state index in [0.29, 0.717) is 25.6 Å². The Morgan fingerprint density at radius 2 is 1.96 bits per heavy atom. The molecule has 0 aromatic carbocycles. The van der Waals surface area contributed by atoms with Gasteiger partial charge >= 0.3 is 0 Å². The van der Waals surface area contributed by atoms with Crippen LogP contribution in [0.3, 0.4) is 0 Å². The highest BCUT2D eigenvalue weighted by atomic mass is 16.5. The lowest BCUT2D eigenvalue weighted by atomic mass is 9.92. The van der Waals surface area contributed by atoms with Gasteiger partial charge in [-0.1, -0.05) is 25.9 Å². The summed E-state index contributed by atoms with van der Waals surface area (Å²) in [6.07, 6.45) is 3.15. The number of carbonyl (C=O) groups excluding carboxylic acids is 1. The van der Waals surface area contributed by atoms with Crippen LogP contribution in [0.4, 0.5) is 0 Å². The van der Waals surface area contributed by atoms with Crippen LogP contribution in [0.5, 0.6) is 0 Å². The summed E-state index contributed by atoms with van der Waals surface area (Å²) in [6, 6.07) is 4.98. The van der Waals surface area contributed by atoms with E-state index < -0.39 is 0 Å². The molecule has 0 spiro atoms. The van der Waals surface area contributed by atoms with E-state index >= 15 is 0 Å². The van der Waals surface area contributed by atoms with Crippen molar-refractivity contribution >= 4 is 5.91 Å². The number of amides is 1. The van der Waals surface area contributed by atoms with Crippen molar-refractivity contribution in [2.45, 2.75) is 45.6 Å². The summed E-state index contributed by atoms with van der Waals surface area (Å²) >= 11 is 0. The van der Waals surface area contributed by atoms with Crippen molar-refractivity contribution in [2.75, 3.05) is 13.1 Å². The summed E-state index contributed by atoms with van der Waals surface area (Å²) in [4.78, 5) is 26.2. The molecule has 0 atom stereocenters. The van der Waals surface area contributed by atoms with E-state index in [9.17, 15) is 9.59 Å². The Balaban J connectivity index is 1.63. The minimum Gasteiger partial charge on any atom is -0.351 e. The Bertz CT molecular complexity index is 781. The summed E-state index contributed by atoms with van der Waals surface area (Å²) in [7, 11) is 0. The van der Waals surface area contributed by atoms with E-state index in [1.54, 1.807) is 27.8 Å². The first-order chi connectivity index (χ1) is 11.8. The molecule has 7 heteroatoms. The van der Waals surface area contributed by atoms with Crippen LogP contribution in [0.2, 0.25) is 0 Å². The quantitative estimate of drug-likeness (QED) is 0.851. The Hall–Kier alpha value is -2.44. The van der Waals surface area contributed by atoms with Gasteiger partial charge in [-0.2, -0.15) is 5.10 Å². The van der Waals surface area contributed by atoms with Crippen LogP contribution in [-0.2, 0) is 12.0 Å². The summed E-state index contributed by atoms with van der Waals surface area (Å²) in [5.41, 5.74) is 0.737. The second kappa shape index (κ2) is 6.82. The molecule has 2 aromatic rings. The monoisotopic (exact) mass is 344 g/mol. The van der Waals surface area contributed by atoms with Crippen LogP contribution < -0.4 is 5.56 Å². The van der Waals surface area contributed by atoms with Gasteiger partial charge < -0.3 is 9.42 Å². The number of likely N-dealkylation sites (tertiary alicyclic amines) is 1. The van der Waals surface area contributed by atoms with Gasteiger partial charge in [-0.25, -0.2) is 4.68 Å². The zero-order chi connectivity index (χ0) is 18.0. The molecule has 0 N–H and O–H groups in total. The van der Waals surface area contributed by atoms with Gasteiger partial charge in [-0.05, 0) is 24.8 Å². The molecule has 0 aliphatic carbocycles. The molecule has 1 aliphatic rings. The fourth-order valence-electron chi connectivity index (χ4n) is 3.02.